The summed E-state index contributed by atoms with van der Waals surface area (Å²) in [5.41, 5.74) is 1.18. The van der Waals surface area contributed by atoms with E-state index in [1.54, 1.807) is 6.07 Å². The van der Waals surface area contributed by atoms with Crippen molar-refractivity contribution in [3.8, 4) is 5.75 Å². The minimum atomic E-state index is -1.71. The lowest BCUT2D eigenvalue weighted by molar-refractivity contribution is -0.339. The van der Waals surface area contributed by atoms with Crippen LogP contribution in [0.3, 0.4) is 0 Å². The number of aromatic carboxylic acids is 1. The van der Waals surface area contributed by atoms with Gasteiger partial charge in [0.2, 0.25) is 6.29 Å². The normalized spacial score (nSPS) is 29.6. The lowest BCUT2D eigenvalue weighted by Crippen LogP contribution is -2.60. The maximum atomic E-state index is 12.8. The summed E-state index contributed by atoms with van der Waals surface area (Å²) in [7, 11) is 1.19. The Morgan fingerprint density at radius 2 is 1.88 bits per heavy atom. The number of rotatable bonds is 8. The standard InChI is InChI=1S/C28H30N2O12/c1-3-12-13(7-18-21-15(8-19(29-18)25(36)37)14-6-11(32)4-5-17(14)30-21)16(26(38)39-2)10-40-27(12)42-28-24(35)23(34)22(33)20(9-31)41-28/h3-6,8,10,12-13,20,22-24,27-28,30-35H,1,7,9H2,2H3,(H,36,37)/t12-,13-,20+,22-,23-,24+,27+,28-/m0/s1. The van der Waals surface area contributed by atoms with Gasteiger partial charge in [0.15, 0.2) is 6.29 Å². The number of hydrogen-bond donors (Lipinski definition) is 7. The van der Waals surface area contributed by atoms with Crippen LogP contribution in [0.5, 0.6) is 5.75 Å². The summed E-state index contributed by atoms with van der Waals surface area (Å²) in [5, 5.41) is 61.2. The molecule has 0 unspecified atom stereocenters. The smallest absolute Gasteiger partial charge is 0.354 e. The SMILES string of the molecule is C=C[C@@H]1[C@@H](O[C@@H]2O[C@H](CO)[C@H](O)[C@H](O)[C@H]2O)OC=C(C(=O)OC)[C@H]1Cc1nc(C(=O)O)cc2c1[nH]c1ccc(O)cc12. The number of hydrogen-bond acceptors (Lipinski definition) is 12. The number of carboxylic acids is 1. The fourth-order valence-corrected chi connectivity index (χ4v) is 5.40. The molecule has 224 valence electrons. The molecule has 0 aliphatic carbocycles. The molecule has 0 bridgehead atoms. The van der Waals surface area contributed by atoms with Crippen molar-refractivity contribution in [3.63, 3.8) is 0 Å². The van der Waals surface area contributed by atoms with Crippen LogP contribution in [0.2, 0.25) is 0 Å². The number of esters is 1. The fraction of sp³-hybridized carbons (Fsp3) is 0.393. The number of phenolic OH excluding ortho intramolecular Hbond substituents is 1. The zero-order valence-corrected chi connectivity index (χ0v) is 22.3. The monoisotopic (exact) mass is 586 g/mol. The van der Waals surface area contributed by atoms with E-state index in [1.165, 1.54) is 31.4 Å². The highest BCUT2D eigenvalue weighted by atomic mass is 16.8. The van der Waals surface area contributed by atoms with Gasteiger partial charge < -0.3 is 54.6 Å². The van der Waals surface area contributed by atoms with E-state index < -0.39 is 67.4 Å². The van der Waals surface area contributed by atoms with Gasteiger partial charge in [0.05, 0.1) is 36.8 Å². The van der Waals surface area contributed by atoms with E-state index >= 15 is 0 Å². The third-order valence-electron chi connectivity index (χ3n) is 7.60. The van der Waals surface area contributed by atoms with Crippen LogP contribution >= 0.6 is 0 Å². The van der Waals surface area contributed by atoms with Gasteiger partial charge in [0.25, 0.3) is 0 Å². The number of aromatic nitrogens is 2. The van der Waals surface area contributed by atoms with E-state index in [1.807, 2.05) is 0 Å². The number of nitrogens with zero attached hydrogens (tertiary/aromatic N) is 1. The van der Waals surface area contributed by atoms with Crippen molar-refractivity contribution in [1.29, 1.82) is 0 Å². The van der Waals surface area contributed by atoms with Crippen molar-refractivity contribution in [2.45, 2.75) is 43.4 Å². The predicted molar refractivity (Wildman–Crippen MR) is 143 cm³/mol. The molecule has 0 amide bonds. The Bertz CT molecular complexity index is 1550. The number of ether oxygens (including phenoxy) is 4. The first-order valence-electron chi connectivity index (χ1n) is 13.0. The number of nitrogens with one attached hydrogen (secondary N) is 1. The average molecular weight is 587 g/mol. The average Bonchev–Trinajstić information content (AvgIpc) is 3.35. The van der Waals surface area contributed by atoms with Crippen LogP contribution in [0.25, 0.3) is 21.8 Å². The molecule has 2 aliphatic heterocycles. The van der Waals surface area contributed by atoms with E-state index in [9.17, 15) is 40.2 Å². The number of phenols is 1. The highest BCUT2D eigenvalue weighted by Gasteiger charge is 2.47. The molecular formula is C28H30N2O12. The zero-order valence-electron chi connectivity index (χ0n) is 22.3. The molecule has 1 fully saturated rings. The molecule has 14 heteroatoms. The molecular weight excluding hydrogens is 556 g/mol. The Kier molecular flexibility index (Phi) is 8.19. The first kappa shape index (κ1) is 29.4. The van der Waals surface area contributed by atoms with Gasteiger partial charge in [-0.25, -0.2) is 14.6 Å². The van der Waals surface area contributed by atoms with Crippen LogP contribution in [-0.2, 0) is 30.2 Å². The number of fused-ring (bicyclic) bond motifs is 3. The number of pyridine rings is 1. The zero-order chi connectivity index (χ0) is 30.3. The molecule has 14 nitrogen and oxygen atoms in total. The lowest BCUT2D eigenvalue weighted by atomic mass is 9.80. The van der Waals surface area contributed by atoms with Crippen molar-refractivity contribution in [2.75, 3.05) is 13.7 Å². The van der Waals surface area contributed by atoms with Gasteiger partial charge in [-0.1, -0.05) is 6.08 Å². The van der Waals surface area contributed by atoms with E-state index in [-0.39, 0.29) is 29.1 Å². The minimum absolute atomic E-state index is 0.0149. The number of aliphatic hydroxyl groups is 4. The van der Waals surface area contributed by atoms with Gasteiger partial charge in [-0.15, -0.1) is 6.58 Å². The molecule has 3 aromatic rings. The number of aliphatic hydroxyl groups excluding tert-OH is 4. The number of carbonyl (C=O) groups excluding carboxylic acids is 1. The number of methoxy groups -OCH3 is 1. The highest BCUT2D eigenvalue weighted by Crippen LogP contribution is 2.39. The van der Waals surface area contributed by atoms with Crippen LogP contribution < -0.4 is 0 Å². The van der Waals surface area contributed by atoms with Crippen LogP contribution in [0.1, 0.15) is 16.2 Å². The van der Waals surface area contributed by atoms with Crippen LogP contribution in [0.4, 0.5) is 0 Å². The predicted octanol–water partition coefficient (Wildman–Crippen LogP) is 0.311. The Morgan fingerprint density at radius 1 is 1.12 bits per heavy atom. The topological polar surface area (TPSA) is 221 Å². The molecule has 5 rings (SSSR count). The molecule has 7 N–H and O–H groups in total. The molecule has 1 saturated heterocycles. The van der Waals surface area contributed by atoms with Gasteiger partial charge in [-0.05, 0) is 30.7 Å². The summed E-state index contributed by atoms with van der Waals surface area (Å²) in [4.78, 5) is 32.4. The molecule has 0 radical (unpaired) electrons. The second kappa shape index (κ2) is 11.7. The molecule has 0 spiro atoms. The minimum Gasteiger partial charge on any atom is -0.508 e. The first-order chi connectivity index (χ1) is 20.1. The van der Waals surface area contributed by atoms with Gasteiger partial charge in [0.1, 0.15) is 35.9 Å². The number of H-pyrrole nitrogens is 1. The highest BCUT2D eigenvalue weighted by molar-refractivity contribution is 6.10. The van der Waals surface area contributed by atoms with Crippen LogP contribution in [-0.4, -0.2) is 103 Å². The summed E-state index contributed by atoms with van der Waals surface area (Å²) in [6.45, 7) is 3.18. The summed E-state index contributed by atoms with van der Waals surface area (Å²) < 4.78 is 21.9. The fourth-order valence-electron chi connectivity index (χ4n) is 5.40. The largest absolute Gasteiger partial charge is 0.508 e. The van der Waals surface area contributed by atoms with Crippen molar-refractivity contribution in [1.82, 2.24) is 9.97 Å². The quantitative estimate of drug-likeness (QED) is 0.140. The maximum absolute atomic E-state index is 12.8. The van der Waals surface area contributed by atoms with E-state index in [4.69, 9.17) is 18.9 Å². The number of carboxylic acid groups (broad SMARTS) is 1. The third kappa shape index (κ3) is 5.19. The Balaban J connectivity index is 1.55. The van der Waals surface area contributed by atoms with Gasteiger partial charge in [-0.2, -0.15) is 0 Å². The number of benzene rings is 1. The Hall–Kier alpha value is -4.05. The van der Waals surface area contributed by atoms with Gasteiger partial charge in [0, 0.05) is 28.1 Å². The van der Waals surface area contributed by atoms with Crippen molar-refractivity contribution in [3.05, 3.63) is 60.1 Å². The summed E-state index contributed by atoms with van der Waals surface area (Å²) in [5.74, 6) is -3.68. The van der Waals surface area contributed by atoms with Gasteiger partial charge >= 0.3 is 11.9 Å². The Morgan fingerprint density at radius 3 is 2.55 bits per heavy atom. The lowest BCUT2D eigenvalue weighted by Gasteiger charge is -2.43. The number of aromatic amines is 1. The third-order valence-corrected chi connectivity index (χ3v) is 7.60. The summed E-state index contributed by atoms with van der Waals surface area (Å²) in [6.07, 6.45) is -6.50. The molecule has 2 aromatic heterocycles. The molecule has 1 aromatic carbocycles. The number of aromatic hydroxyl groups is 1. The maximum Gasteiger partial charge on any atom is 0.354 e. The molecule has 42 heavy (non-hydrogen) atoms. The van der Waals surface area contributed by atoms with Crippen molar-refractivity contribution >= 4 is 33.7 Å². The van der Waals surface area contributed by atoms with E-state index in [2.05, 4.69) is 16.5 Å². The molecule has 0 saturated carbocycles. The summed E-state index contributed by atoms with van der Waals surface area (Å²) in [6, 6.07) is 6.00. The summed E-state index contributed by atoms with van der Waals surface area (Å²) >= 11 is 0. The van der Waals surface area contributed by atoms with E-state index in [0.717, 1.165) is 6.26 Å². The second-order valence-electron chi connectivity index (χ2n) is 10.1. The number of carbonyl (C=O) groups is 2. The molecule has 8 atom stereocenters. The second-order valence-corrected chi connectivity index (χ2v) is 10.1. The molecule has 4 heterocycles. The van der Waals surface area contributed by atoms with E-state index in [0.29, 0.717) is 21.8 Å². The van der Waals surface area contributed by atoms with Crippen LogP contribution in [0.15, 0.2) is 48.8 Å². The molecule has 2 aliphatic rings. The first-order valence-corrected chi connectivity index (χ1v) is 13.0. The van der Waals surface area contributed by atoms with Crippen molar-refractivity contribution < 1.29 is 59.2 Å². The Labute approximate surface area is 238 Å². The van der Waals surface area contributed by atoms with Crippen molar-refractivity contribution in [2.24, 2.45) is 11.8 Å². The van der Waals surface area contributed by atoms with Crippen LogP contribution in [0, 0.1) is 11.8 Å². The van der Waals surface area contributed by atoms with Gasteiger partial charge in [-0.3, -0.25) is 0 Å².